The molecule has 0 bridgehead atoms. The summed E-state index contributed by atoms with van der Waals surface area (Å²) >= 11 is 5.73. The molecule has 0 radical (unpaired) electrons. The van der Waals surface area contributed by atoms with Gasteiger partial charge < -0.3 is 9.47 Å². The van der Waals surface area contributed by atoms with Crippen LogP contribution < -0.4 is 9.47 Å². The van der Waals surface area contributed by atoms with E-state index in [1.807, 2.05) is 0 Å². The SMILES string of the molecule is CCCCCCOc1ccc2c(CC)c(OCCCCl)ccc2c1. The Bertz CT molecular complexity index is 625. The fourth-order valence-electron chi connectivity index (χ4n) is 2.90. The molecule has 2 aromatic rings. The van der Waals surface area contributed by atoms with Crippen LogP contribution in [0.25, 0.3) is 10.8 Å². The molecule has 0 amide bonds. The van der Waals surface area contributed by atoms with Gasteiger partial charge in [-0.1, -0.05) is 45.2 Å². The molecule has 0 saturated heterocycles. The molecule has 0 atom stereocenters. The summed E-state index contributed by atoms with van der Waals surface area (Å²) in [6, 6.07) is 10.6. The molecule has 0 aliphatic rings. The number of aryl methyl sites for hydroxylation is 1. The van der Waals surface area contributed by atoms with Crippen LogP contribution in [-0.2, 0) is 6.42 Å². The van der Waals surface area contributed by atoms with E-state index in [0.29, 0.717) is 12.5 Å². The van der Waals surface area contributed by atoms with Crippen molar-refractivity contribution < 1.29 is 9.47 Å². The summed E-state index contributed by atoms with van der Waals surface area (Å²) in [5.41, 5.74) is 1.26. The number of halogens is 1. The van der Waals surface area contributed by atoms with E-state index in [2.05, 4.69) is 44.2 Å². The number of hydrogen-bond donors (Lipinski definition) is 0. The van der Waals surface area contributed by atoms with Gasteiger partial charge >= 0.3 is 0 Å². The predicted octanol–water partition coefficient (Wildman–Crippen LogP) is 6.37. The first-order valence-electron chi connectivity index (χ1n) is 9.17. The Labute approximate surface area is 151 Å². The smallest absolute Gasteiger partial charge is 0.123 e. The van der Waals surface area contributed by atoms with Crippen molar-refractivity contribution in [3.8, 4) is 11.5 Å². The van der Waals surface area contributed by atoms with Gasteiger partial charge in [0.2, 0.25) is 0 Å². The van der Waals surface area contributed by atoms with E-state index in [-0.39, 0.29) is 0 Å². The number of fused-ring (bicyclic) bond motifs is 1. The lowest BCUT2D eigenvalue weighted by atomic mass is 10.0. The van der Waals surface area contributed by atoms with Crippen LogP contribution in [0.2, 0.25) is 0 Å². The van der Waals surface area contributed by atoms with Gasteiger partial charge in [0.25, 0.3) is 0 Å². The van der Waals surface area contributed by atoms with Gasteiger partial charge in [0.1, 0.15) is 11.5 Å². The van der Waals surface area contributed by atoms with E-state index in [9.17, 15) is 0 Å². The summed E-state index contributed by atoms with van der Waals surface area (Å²) in [6.07, 6.45) is 6.73. The predicted molar refractivity (Wildman–Crippen MR) is 104 cm³/mol. The van der Waals surface area contributed by atoms with Gasteiger partial charge in [0.05, 0.1) is 13.2 Å². The maximum absolute atomic E-state index is 5.90. The van der Waals surface area contributed by atoms with Crippen LogP contribution in [0, 0.1) is 0 Å². The van der Waals surface area contributed by atoms with E-state index >= 15 is 0 Å². The lowest BCUT2D eigenvalue weighted by Gasteiger charge is -2.14. The van der Waals surface area contributed by atoms with Crippen molar-refractivity contribution in [2.24, 2.45) is 0 Å². The Morgan fingerprint density at radius 2 is 1.71 bits per heavy atom. The third-order valence-corrected chi connectivity index (χ3v) is 4.48. The maximum Gasteiger partial charge on any atom is 0.123 e. The second kappa shape index (κ2) is 10.5. The monoisotopic (exact) mass is 348 g/mol. The quantitative estimate of drug-likeness (QED) is 0.347. The Balaban J connectivity index is 2.08. The maximum atomic E-state index is 5.90. The minimum atomic E-state index is 0.633. The molecule has 132 valence electrons. The first-order chi connectivity index (χ1) is 11.8. The normalized spacial score (nSPS) is 11.0. The summed E-state index contributed by atoms with van der Waals surface area (Å²) in [7, 11) is 0. The number of hydrogen-bond acceptors (Lipinski definition) is 2. The molecule has 3 heteroatoms. The Morgan fingerprint density at radius 3 is 2.46 bits per heavy atom. The second-order valence-electron chi connectivity index (χ2n) is 6.08. The molecule has 0 saturated carbocycles. The fraction of sp³-hybridized carbons (Fsp3) is 0.524. The van der Waals surface area contributed by atoms with Crippen molar-refractivity contribution >= 4 is 22.4 Å². The molecule has 0 heterocycles. The van der Waals surface area contributed by atoms with Crippen LogP contribution in [0.15, 0.2) is 30.3 Å². The highest BCUT2D eigenvalue weighted by Crippen LogP contribution is 2.31. The van der Waals surface area contributed by atoms with E-state index < -0.39 is 0 Å². The summed E-state index contributed by atoms with van der Waals surface area (Å²) in [6.45, 7) is 5.86. The zero-order valence-electron chi connectivity index (χ0n) is 14.9. The zero-order chi connectivity index (χ0) is 17.2. The highest BCUT2D eigenvalue weighted by atomic mass is 35.5. The van der Waals surface area contributed by atoms with Crippen LogP contribution in [0.1, 0.15) is 51.5 Å². The fourth-order valence-corrected chi connectivity index (χ4v) is 3.01. The first-order valence-corrected chi connectivity index (χ1v) is 9.70. The van der Waals surface area contributed by atoms with Crippen LogP contribution in [-0.4, -0.2) is 19.1 Å². The lowest BCUT2D eigenvalue weighted by molar-refractivity contribution is 0.305. The topological polar surface area (TPSA) is 18.5 Å². The summed E-state index contributed by atoms with van der Waals surface area (Å²) in [5.74, 6) is 2.56. The molecule has 2 nitrogen and oxygen atoms in total. The molecular formula is C21H29ClO2. The second-order valence-corrected chi connectivity index (χ2v) is 6.46. The standard InChI is InChI=1S/C21H29ClO2/c1-3-5-6-7-14-23-18-10-11-20-17(16-18)9-12-21(19(20)4-2)24-15-8-13-22/h9-12,16H,3-8,13-15H2,1-2H3. The highest BCUT2D eigenvalue weighted by molar-refractivity contribution is 6.17. The average molecular weight is 349 g/mol. The van der Waals surface area contributed by atoms with Crippen molar-refractivity contribution in [2.75, 3.05) is 19.1 Å². The van der Waals surface area contributed by atoms with E-state index in [1.54, 1.807) is 0 Å². The molecule has 0 aliphatic carbocycles. The molecule has 0 unspecified atom stereocenters. The summed E-state index contributed by atoms with van der Waals surface area (Å²) < 4.78 is 11.8. The molecule has 2 aromatic carbocycles. The number of benzene rings is 2. The minimum absolute atomic E-state index is 0.633. The summed E-state index contributed by atoms with van der Waals surface area (Å²) in [5, 5.41) is 2.46. The van der Waals surface area contributed by atoms with Crippen molar-refractivity contribution in [2.45, 2.75) is 52.4 Å². The van der Waals surface area contributed by atoms with Gasteiger partial charge in [0.15, 0.2) is 0 Å². The van der Waals surface area contributed by atoms with Crippen molar-refractivity contribution in [1.82, 2.24) is 0 Å². The molecule has 0 fully saturated rings. The van der Waals surface area contributed by atoms with E-state index in [1.165, 1.54) is 35.6 Å². The molecule has 2 rings (SSSR count). The van der Waals surface area contributed by atoms with Gasteiger partial charge in [-0.3, -0.25) is 0 Å². The third kappa shape index (κ3) is 5.31. The largest absolute Gasteiger partial charge is 0.494 e. The minimum Gasteiger partial charge on any atom is -0.494 e. The van der Waals surface area contributed by atoms with Gasteiger partial charge in [-0.25, -0.2) is 0 Å². The van der Waals surface area contributed by atoms with Gasteiger partial charge in [-0.05, 0) is 48.2 Å². The zero-order valence-corrected chi connectivity index (χ0v) is 15.7. The molecule has 0 aromatic heterocycles. The van der Waals surface area contributed by atoms with Crippen molar-refractivity contribution in [3.05, 3.63) is 35.9 Å². The molecule has 0 aliphatic heterocycles. The van der Waals surface area contributed by atoms with Crippen LogP contribution >= 0.6 is 11.6 Å². The molecule has 24 heavy (non-hydrogen) atoms. The van der Waals surface area contributed by atoms with Crippen LogP contribution in [0.5, 0.6) is 11.5 Å². The highest BCUT2D eigenvalue weighted by Gasteiger charge is 2.08. The third-order valence-electron chi connectivity index (χ3n) is 4.22. The Morgan fingerprint density at radius 1 is 0.875 bits per heavy atom. The number of ether oxygens (including phenoxy) is 2. The molecule has 0 N–H and O–H groups in total. The molecular weight excluding hydrogens is 320 g/mol. The van der Waals surface area contributed by atoms with Crippen molar-refractivity contribution in [3.63, 3.8) is 0 Å². The van der Waals surface area contributed by atoms with Crippen LogP contribution in [0.4, 0.5) is 0 Å². The van der Waals surface area contributed by atoms with Gasteiger partial charge in [-0.2, -0.15) is 0 Å². The molecule has 0 spiro atoms. The van der Waals surface area contributed by atoms with Gasteiger partial charge in [0, 0.05) is 11.4 Å². The Kier molecular flexibility index (Phi) is 8.24. The number of rotatable bonds is 11. The van der Waals surface area contributed by atoms with Crippen LogP contribution in [0.3, 0.4) is 0 Å². The average Bonchev–Trinajstić information content (AvgIpc) is 2.61. The first kappa shape index (κ1) is 18.9. The van der Waals surface area contributed by atoms with Gasteiger partial charge in [-0.15, -0.1) is 11.6 Å². The Hall–Kier alpha value is -1.41. The number of unbranched alkanes of at least 4 members (excludes halogenated alkanes) is 3. The van der Waals surface area contributed by atoms with E-state index in [0.717, 1.165) is 37.4 Å². The van der Waals surface area contributed by atoms with E-state index in [4.69, 9.17) is 21.1 Å². The summed E-state index contributed by atoms with van der Waals surface area (Å²) in [4.78, 5) is 0. The van der Waals surface area contributed by atoms with Crippen molar-refractivity contribution in [1.29, 1.82) is 0 Å². The lowest BCUT2D eigenvalue weighted by Crippen LogP contribution is -2.01. The number of alkyl halides is 1.